The van der Waals surface area contributed by atoms with E-state index in [-0.39, 0.29) is 17.5 Å². The minimum Gasteiger partial charge on any atom is -0.496 e. The molecule has 0 bridgehead atoms. The van der Waals surface area contributed by atoms with Crippen LogP contribution in [0.15, 0.2) is 53.6 Å². The fraction of sp³-hybridized carbons (Fsp3) is 0.286. The number of pyridine rings is 1. The standard InChI is InChI=1S/C21H21FN4O3/c1-25-20(27)12-17(14-5-7-23-8-6-14)24-21(25)26-9-10-29-19(13-26)16-4-3-15(22)11-18(16)28-2/h3-8,11-12,19H,9-10,13H2,1-2H3. The molecule has 0 saturated carbocycles. The monoisotopic (exact) mass is 396 g/mol. The van der Waals surface area contributed by atoms with E-state index in [9.17, 15) is 9.18 Å². The van der Waals surface area contributed by atoms with Crippen LogP contribution in [-0.4, -0.2) is 41.3 Å². The molecule has 0 aliphatic carbocycles. The zero-order valence-electron chi connectivity index (χ0n) is 16.2. The molecule has 0 spiro atoms. The number of aromatic nitrogens is 3. The highest BCUT2D eigenvalue weighted by Crippen LogP contribution is 2.32. The minimum absolute atomic E-state index is 0.149. The highest BCUT2D eigenvalue weighted by atomic mass is 19.1. The van der Waals surface area contributed by atoms with Gasteiger partial charge in [-0.25, -0.2) is 9.37 Å². The van der Waals surface area contributed by atoms with Crippen LogP contribution in [0.2, 0.25) is 0 Å². The Morgan fingerprint density at radius 1 is 1.21 bits per heavy atom. The Bertz CT molecular complexity index is 1070. The molecule has 4 rings (SSSR count). The molecule has 1 aromatic carbocycles. The first kappa shape index (κ1) is 19.1. The summed E-state index contributed by atoms with van der Waals surface area (Å²) in [5.41, 5.74) is 2.02. The summed E-state index contributed by atoms with van der Waals surface area (Å²) in [7, 11) is 3.20. The average Bonchev–Trinajstić information content (AvgIpc) is 2.76. The van der Waals surface area contributed by atoms with E-state index >= 15 is 0 Å². The van der Waals surface area contributed by atoms with Gasteiger partial charge in [-0.15, -0.1) is 0 Å². The number of anilines is 1. The van der Waals surface area contributed by atoms with Crippen LogP contribution in [0, 0.1) is 5.82 Å². The molecule has 150 valence electrons. The minimum atomic E-state index is -0.368. The van der Waals surface area contributed by atoms with E-state index < -0.39 is 0 Å². The lowest BCUT2D eigenvalue weighted by Gasteiger charge is -2.35. The lowest BCUT2D eigenvalue weighted by molar-refractivity contribution is 0.0374. The van der Waals surface area contributed by atoms with Gasteiger partial charge in [0.1, 0.15) is 17.7 Å². The fourth-order valence-corrected chi connectivity index (χ4v) is 3.45. The van der Waals surface area contributed by atoms with Gasteiger partial charge in [-0.1, -0.05) is 0 Å². The third-order valence-corrected chi connectivity index (χ3v) is 4.98. The summed E-state index contributed by atoms with van der Waals surface area (Å²) in [6, 6.07) is 9.55. The van der Waals surface area contributed by atoms with Crippen LogP contribution in [0.4, 0.5) is 10.3 Å². The van der Waals surface area contributed by atoms with Crippen molar-refractivity contribution in [3.05, 3.63) is 70.5 Å². The van der Waals surface area contributed by atoms with Crippen LogP contribution in [0.3, 0.4) is 0 Å². The molecule has 1 saturated heterocycles. The van der Waals surface area contributed by atoms with Crippen LogP contribution in [0.5, 0.6) is 5.75 Å². The maximum atomic E-state index is 13.6. The van der Waals surface area contributed by atoms with Gasteiger partial charge in [-0.2, -0.15) is 0 Å². The van der Waals surface area contributed by atoms with E-state index in [1.54, 1.807) is 25.5 Å². The molecule has 1 atom stereocenters. The van der Waals surface area contributed by atoms with E-state index in [0.717, 1.165) is 11.1 Å². The van der Waals surface area contributed by atoms with Crippen molar-refractivity contribution in [2.45, 2.75) is 6.10 Å². The Kier molecular flexibility index (Phi) is 5.26. The van der Waals surface area contributed by atoms with Gasteiger partial charge in [0.05, 0.1) is 26.0 Å². The average molecular weight is 396 g/mol. The van der Waals surface area contributed by atoms with Gasteiger partial charge in [0.2, 0.25) is 5.95 Å². The number of hydrogen-bond donors (Lipinski definition) is 0. The van der Waals surface area contributed by atoms with Crippen molar-refractivity contribution in [2.24, 2.45) is 7.05 Å². The molecule has 7 nitrogen and oxygen atoms in total. The number of nitrogens with zero attached hydrogens (tertiary/aromatic N) is 4. The van der Waals surface area contributed by atoms with E-state index in [4.69, 9.17) is 14.5 Å². The van der Waals surface area contributed by atoms with E-state index in [1.165, 1.54) is 29.9 Å². The Hall–Kier alpha value is -3.26. The van der Waals surface area contributed by atoms with Gasteiger partial charge in [0, 0.05) is 49.2 Å². The number of hydrogen-bond acceptors (Lipinski definition) is 6. The molecule has 1 aliphatic rings. The molecule has 29 heavy (non-hydrogen) atoms. The maximum Gasteiger partial charge on any atom is 0.255 e. The van der Waals surface area contributed by atoms with Crippen molar-refractivity contribution in [3.8, 4) is 17.0 Å². The molecule has 1 aliphatic heterocycles. The molecule has 8 heteroatoms. The van der Waals surface area contributed by atoms with Gasteiger partial charge in [-0.3, -0.25) is 14.3 Å². The normalized spacial score (nSPS) is 16.7. The number of methoxy groups -OCH3 is 1. The van der Waals surface area contributed by atoms with Gasteiger partial charge < -0.3 is 14.4 Å². The Morgan fingerprint density at radius 3 is 2.76 bits per heavy atom. The lowest BCUT2D eigenvalue weighted by atomic mass is 10.1. The number of benzene rings is 1. The topological polar surface area (TPSA) is 69.5 Å². The summed E-state index contributed by atoms with van der Waals surface area (Å²) in [6.45, 7) is 1.49. The quantitative estimate of drug-likeness (QED) is 0.675. The fourth-order valence-electron chi connectivity index (χ4n) is 3.45. The van der Waals surface area contributed by atoms with Crippen LogP contribution in [0.1, 0.15) is 11.7 Å². The zero-order valence-corrected chi connectivity index (χ0v) is 16.2. The summed E-state index contributed by atoms with van der Waals surface area (Å²) in [4.78, 5) is 23.3. The van der Waals surface area contributed by atoms with Crippen LogP contribution in [-0.2, 0) is 11.8 Å². The van der Waals surface area contributed by atoms with Crippen molar-refractivity contribution in [3.63, 3.8) is 0 Å². The summed E-state index contributed by atoms with van der Waals surface area (Å²) in [6.07, 6.45) is 3.00. The van der Waals surface area contributed by atoms with E-state index in [1.807, 2.05) is 17.0 Å². The lowest BCUT2D eigenvalue weighted by Crippen LogP contribution is -2.41. The Labute approximate surface area is 167 Å². The number of rotatable bonds is 4. The number of morpholine rings is 1. The second-order valence-electron chi connectivity index (χ2n) is 6.77. The van der Waals surface area contributed by atoms with Crippen molar-refractivity contribution in [1.29, 1.82) is 0 Å². The molecule has 3 heterocycles. The Morgan fingerprint density at radius 2 is 2.00 bits per heavy atom. The SMILES string of the molecule is COc1cc(F)ccc1C1CN(c2nc(-c3ccncc3)cc(=O)n2C)CCO1. The Balaban J connectivity index is 1.68. The summed E-state index contributed by atoms with van der Waals surface area (Å²) in [5, 5.41) is 0. The molecule has 1 fully saturated rings. The molecule has 1 unspecified atom stereocenters. The molecule has 3 aromatic rings. The van der Waals surface area contributed by atoms with Crippen LogP contribution >= 0.6 is 0 Å². The second kappa shape index (κ2) is 8.00. The van der Waals surface area contributed by atoms with E-state index in [0.29, 0.717) is 37.1 Å². The molecule has 0 radical (unpaired) electrons. The molecular formula is C21H21FN4O3. The smallest absolute Gasteiger partial charge is 0.255 e. The largest absolute Gasteiger partial charge is 0.496 e. The summed E-state index contributed by atoms with van der Waals surface area (Å²) >= 11 is 0. The van der Waals surface area contributed by atoms with Crippen molar-refractivity contribution < 1.29 is 13.9 Å². The van der Waals surface area contributed by atoms with Gasteiger partial charge >= 0.3 is 0 Å². The predicted molar refractivity (Wildman–Crippen MR) is 107 cm³/mol. The van der Waals surface area contributed by atoms with Crippen molar-refractivity contribution in [2.75, 3.05) is 31.7 Å². The highest BCUT2D eigenvalue weighted by Gasteiger charge is 2.27. The van der Waals surface area contributed by atoms with Gasteiger partial charge in [-0.05, 0) is 24.3 Å². The van der Waals surface area contributed by atoms with Gasteiger partial charge in [0.15, 0.2) is 0 Å². The molecular weight excluding hydrogens is 375 g/mol. The predicted octanol–water partition coefficient (Wildman–Crippen LogP) is 2.57. The van der Waals surface area contributed by atoms with Gasteiger partial charge in [0.25, 0.3) is 5.56 Å². The summed E-state index contributed by atoms with van der Waals surface area (Å²) < 4.78 is 26.3. The number of ether oxygens (including phenoxy) is 2. The van der Waals surface area contributed by atoms with Crippen molar-refractivity contribution >= 4 is 5.95 Å². The molecule has 0 N–H and O–H groups in total. The van der Waals surface area contributed by atoms with Crippen LogP contribution < -0.4 is 15.2 Å². The first-order valence-corrected chi connectivity index (χ1v) is 9.25. The molecule has 2 aromatic heterocycles. The van der Waals surface area contributed by atoms with Crippen molar-refractivity contribution in [1.82, 2.24) is 14.5 Å². The first-order valence-electron chi connectivity index (χ1n) is 9.25. The highest BCUT2D eigenvalue weighted by molar-refractivity contribution is 5.59. The zero-order chi connectivity index (χ0) is 20.4. The number of halogens is 1. The van der Waals surface area contributed by atoms with Crippen LogP contribution in [0.25, 0.3) is 11.3 Å². The van der Waals surface area contributed by atoms with E-state index in [2.05, 4.69) is 4.98 Å². The maximum absolute atomic E-state index is 13.6. The third kappa shape index (κ3) is 3.84. The second-order valence-corrected chi connectivity index (χ2v) is 6.77. The first-order chi connectivity index (χ1) is 14.1. The molecule has 0 amide bonds. The third-order valence-electron chi connectivity index (χ3n) is 4.98. The summed E-state index contributed by atoms with van der Waals surface area (Å²) in [5.74, 6) is 0.621.